The number of hydrogen-bond acceptors (Lipinski definition) is 3. The topological polar surface area (TPSA) is 66.8 Å². The first-order valence-electron chi connectivity index (χ1n) is 6.97. The van der Waals surface area contributed by atoms with Crippen LogP contribution in [0.25, 0.3) is 0 Å². The molecule has 0 radical (unpaired) electrons. The van der Waals surface area contributed by atoms with Crippen molar-refractivity contribution in [1.82, 2.24) is 4.90 Å². The van der Waals surface area contributed by atoms with Crippen LogP contribution in [0.4, 0.5) is 4.79 Å². The second kappa shape index (κ2) is 6.26. The second-order valence-electron chi connectivity index (χ2n) is 6.15. The van der Waals surface area contributed by atoms with Gasteiger partial charge in [0.25, 0.3) is 0 Å². The predicted molar refractivity (Wildman–Crippen MR) is 72.0 cm³/mol. The zero-order valence-electron chi connectivity index (χ0n) is 12.3. The van der Waals surface area contributed by atoms with Crippen molar-refractivity contribution in [2.45, 2.75) is 65.0 Å². The lowest BCUT2D eigenvalue weighted by atomic mass is 9.80. The van der Waals surface area contributed by atoms with E-state index in [9.17, 15) is 14.7 Å². The first kappa shape index (κ1) is 15.8. The maximum atomic E-state index is 12.1. The summed E-state index contributed by atoms with van der Waals surface area (Å²) in [5.41, 5.74) is -0.607. The van der Waals surface area contributed by atoms with Crippen LogP contribution in [0.5, 0.6) is 0 Å². The third-order valence-electron chi connectivity index (χ3n) is 3.41. The summed E-state index contributed by atoms with van der Waals surface area (Å²) in [7, 11) is 0. The Morgan fingerprint density at radius 1 is 1.37 bits per heavy atom. The van der Waals surface area contributed by atoms with Crippen LogP contribution in [-0.4, -0.2) is 40.3 Å². The molecule has 0 bridgehead atoms. The summed E-state index contributed by atoms with van der Waals surface area (Å²) in [5.74, 6) is -0.516. The number of rotatable bonds is 5. The van der Waals surface area contributed by atoms with E-state index < -0.39 is 23.7 Å². The Morgan fingerprint density at radius 3 is 2.26 bits per heavy atom. The van der Waals surface area contributed by atoms with Gasteiger partial charge in [0, 0.05) is 6.54 Å². The van der Waals surface area contributed by atoms with E-state index >= 15 is 0 Å². The third-order valence-corrected chi connectivity index (χ3v) is 3.41. The molecule has 1 unspecified atom stereocenters. The van der Waals surface area contributed by atoms with Gasteiger partial charge >= 0.3 is 12.1 Å². The largest absolute Gasteiger partial charge is 0.480 e. The number of carbonyl (C=O) groups is 2. The molecule has 1 aliphatic rings. The second-order valence-corrected chi connectivity index (χ2v) is 6.15. The van der Waals surface area contributed by atoms with E-state index in [4.69, 9.17) is 4.74 Å². The number of likely N-dealkylation sites (N-methyl/N-ethyl adjacent to an activating group) is 1. The van der Waals surface area contributed by atoms with Crippen molar-refractivity contribution >= 4 is 12.1 Å². The van der Waals surface area contributed by atoms with Crippen LogP contribution >= 0.6 is 0 Å². The minimum atomic E-state index is -0.945. The van der Waals surface area contributed by atoms with Crippen molar-refractivity contribution in [2.75, 3.05) is 6.54 Å². The van der Waals surface area contributed by atoms with E-state index in [1.165, 1.54) is 4.90 Å². The lowest BCUT2D eigenvalue weighted by molar-refractivity contribution is -0.144. The summed E-state index contributed by atoms with van der Waals surface area (Å²) in [6.07, 6.45) is 3.28. The van der Waals surface area contributed by atoms with E-state index in [0.29, 0.717) is 18.9 Å². The Bertz CT molecular complexity index is 331. The van der Waals surface area contributed by atoms with Crippen molar-refractivity contribution in [2.24, 2.45) is 5.92 Å². The molecule has 1 N–H and O–H groups in total. The number of amides is 1. The summed E-state index contributed by atoms with van der Waals surface area (Å²) in [6, 6.07) is -0.773. The fourth-order valence-corrected chi connectivity index (χ4v) is 2.20. The molecule has 0 saturated heterocycles. The lowest BCUT2D eigenvalue weighted by Gasteiger charge is -2.34. The molecule has 1 atom stereocenters. The maximum absolute atomic E-state index is 12.1. The molecule has 19 heavy (non-hydrogen) atoms. The van der Waals surface area contributed by atoms with Gasteiger partial charge in [0.2, 0.25) is 0 Å². The quantitative estimate of drug-likeness (QED) is 0.835. The summed E-state index contributed by atoms with van der Waals surface area (Å²) >= 11 is 0. The van der Waals surface area contributed by atoms with Crippen LogP contribution in [0.15, 0.2) is 0 Å². The molecule has 1 saturated carbocycles. The Kier molecular flexibility index (Phi) is 5.20. The van der Waals surface area contributed by atoms with E-state index in [2.05, 4.69) is 0 Å². The molecular formula is C14H25NO4. The van der Waals surface area contributed by atoms with E-state index in [1.54, 1.807) is 27.7 Å². The number of carbonyl (C=O) groups excluding carboxylic acids is 1. The average Bonchev–Trinajstić information content (AvgIpc) is 2.17. The summed E-state index contributed by atoms with van der Waals surface area (Å²) < 4.78 is 5.28. The van der Waals surface area contributed by atoms with Crippen molar-refractivity contribution in [1.29, 1.82) is 0 Å². The van der Waals surface area contributed by atoms with Crippen LogP contribution in [0.2, 0.25) is 0 Å². The monoisotopic (exact) mass is 271 g/mol. The normalized spacial score (nSPS) is 17.5. The van der Waals surface area contributed by atoms with E-state index in [1.807, 2.05) is 0 Å². The number of ether oxygens (including phenoxy) is 1. The van der Waals surface area contributed by atoms with Crippen molar-refractivity contribution in [3.05, 3.63) is 0 Å². The smallest absolute Gasteiger partial charge is 0.411 e. The van der Waals surface area contributed by atoms with Gasteiger partial charge in [-0.3, -0.25) is 4.90 Å². The number of carboxylic acids is 1. The van der Waals surface area contributed by atoms with Crippen LogP contribution in [0.3, 0.4) is 0 Å². The van der Waals surface area contributed by atoms with Crippen LogP contribution in [0.1, 0.15) is 53.4 Å². The molecule has 1 rings (SSSR count). The molecule has 0 aliphatic heterocycles. The van der Waals surface area contributed by atoms with E-state index in [0.717, 1.165) is 19.3 Å². The zero-order valence-corrected chi connectivity index (χ0v) is 12.3. The standard InChI is InChI=1S/C14H25NO4/c1-5-15(13(18)19-14(2,3)4)11(12(16)17)9-10-7-6-8-10/h10-11H,5-9H2,1-4H3,(H,16,17). The SMILES string of the molecule is CCN(C(=O)OC(C)(C)C)C(CC1CCC1)C(=O)O. The Morgan fingerprint density at radius 2 is 1.95 bits per heavy atom. The van der Waals surface area contributed by atoms with Crippen molar-refractivity contribution in [3.8, 4) is 0 Å². The zero-order chi connectivity index (χ0) is 14.6. The molecular weight excluding hydrogens is 246 g/mol. The summed E-state index contributed by atoms with van der Waals surface area (Å²) in [4.78, 5) is 24.8. The first-order valence-corrected chi connectivity index (χ1v) is 6.97. The number of nitrogens with zero attached hydrogens (tertiary/aromatic N) is 1. The van der Waals surface area contributed by atoms with Gasteiger partial charge in [-0.15, -0.1) is 0 Å². The molecule has 1 aliphatic carbocycles. The third kappa shape index (κ3) is 4.73. The highest BCUT2D eigenvalue weighted by molar-refractivity contribution is 5.80. The van der Waals surface area contributed by atoms with Crippen molar-refractivity contribution in [3.63, 3.8) is 0 Å². The van der Waals surface area contributed by atoms with Gasteiger partial charge in [-0.2, -0.15) is 0 Å². The molecule has 5 nitrogen and oxygen atoms in total. The highest BCUT2D eigenvalue weighted by atomic mass is 16.6. The molecule has 1 amide bonds. The average molecular weight is 271 g/mol. The highest BCUT2D eigenvalue weighted by Crippen LogP contribution is 2.32. The molecule has 1 fully saturated rings. The minimum absolute atomic E-state index is 0.346. The van der Waals surface area contributed by atoms with Gasteiger partial charge in [-0.25, -0.2) is 9.59 Å². The van der Waals surface area contributed by atoms with Crippen LogP contribution in [0, 0.1) is 5.92 Å². The Balaban J connectivity index is 2.71. The molecule has 5 heteroatoms. The molecule has 0 spiro atoms. The number of aliphatic carboxylic acids is 1. The Hall–Kier alpha value is -1.26. The first-order chi connectivity index (χ1) is 8.74. The van der Waals surface area contributed by atoms with Crippen LogP contribution in [-0.2, 0) is 9.53 Å². The molecule has 0 heterocycles. The number of hydrogen-bond donors (Lipinski definition) is 1. The molecule has 110 valence electrons. The summed E-state index contributed by atoms with van der Waals surface area (Å²) in [5, 5.41) is 9.34. The number of carboxylic acid groups (broad SMARTS) is 1. The summed E-state index contributed by atoms with van der Waals surface area (Å²) in [6.45, 7) is 7.46. The van der Waals surface area contributed by atoms with Gasteiger partial charge in [-0.1, -0.05) is 19.3 Å². The Labute approximate surface area is 114 Å². The highest BCUT2D eigenvalue weighted by Gasteiger charge is 2.34. The van der Waals surface area contributed by atoms with Crippen LogP contribution < -0.4 is 0 Å². The fourth-order valence-electron chi connectivity index (χ4n) is 2.20. The predicted octanol–water partition coefficient (Wildman–Crippen LogP) is 2.89. The lowest BCUT2D eigenvalue weighted by Crippen LogP contribution is -2.48. The van der Waals surface area contributed by atoms with Gasteiger partial charge in [-0.05, 0) is 40.0 Å². The van der Waals surface area contributed by atoms with Gasteiger partial charge in [0.05, 0.1) is 0 Å². The fraction of sp³-hybridized carbons (Fsp3) is 0.857. The minimum Gasteiger partial charge on any atom is -0.480 e. The van der Waals surface area contributed by atoms with Gasteiger partial charge in [0.1, 0.15) is 11.6 Å². The molecule has 0 aromatic rings. The molecule has 0 aromatic heterocycles. The molecule has 0 aromatic carbocycles. The van der Waals surface area contributed by atoms with Crippen molar-refractivity contribution < 1.29 is 19.4 Å². The van der Waals surface area contributed by atoms with E-state index in [-0.39, 0.29) is 0 Å². The van der Waals surface area contributed by atoms with Gasteiger partial charge in [0.15, 0.2) is 0 Å². The maximum Gasteiger partial charge on any atom is 0.411 e. The van der Waals surface area contributed by atoms with Gasteiger partial charge < -0.3 is 9.84 Å².